The molecular formula is C28H34O. The van der Waals surface area contributed by atoms with Crippen molar-refractivity contribution < 1.29 is 4.74 Å². The van der Waals surface area contributed by atoms with Crippen molar-refractivity contribution in [2.75, 3.05) is 6.61 Å². The standard InChI is InChI=1S/C28H34O/c1-3-5-6-7-23-8-10-24(11-9-23)12-13-25-14-16-26(17-15-25)27-18-20-28(21-19-27)29-22-4-2/h10,14-21,23H,3-9,11,22H2,1-2H3. The summed E-state index contributed by atoms with van der Waals surface area (Å²) in [6.45, 7) is 5.16. The van der Waals surface area contributed by atoms with Gasteiger partial charge in [0.15, 0.2) is 0 Å². The monoisotopic (exact) mass is 386 g/mol. The first-order valence-electron chi connectivity index (χ1n) is 11.3. The minimum Gasteiger partial charge on any atom is -0.494 e. The van der Waals surface area contributed by atoms with Crippen LogP contribution in [-0.2, 0) is 0 Å². The Labute approximate surface area is 177 Å². The molecule has 0 heterocycles. The van der Waals surface area contributed by atoms with Gasteiger partial charge in [-0.3, -0.25) is 0 Å². The summed E-state index contributed by atoms with van der Waals surface area (Å²) < 4.78 is 5.66. The quantitative estimate of drug-likeness (QED) is 0.332. The smallest absolute Gasteiger partial charge is 0.119 e. The Morgan fingerprint density at radius 2 is 1.59 bits per heavy atom. The van der Waals surface area contributed by atoms with Gasteiger partial charge in [-0.15, -0.1) is 0 Å². The lowest BCUT2D eigenvalue weighted by molar-refractivity contribution is 0.317. The van der Waals surface area contributed by atoms with Gasteiger partial charge in [-0.2, -0.15) is 0 Å². The molecule has 152 valence electrons. The fourth-order valence-electron chi connectivity index (χ4n) is 3.81. The van der Waals surface area contributed by atoms with Crippen LogP contribution in [0.4, 0.5) is 0 Å². The maximum absolute atomic E-state index is 5.66. The van der Waals surface area contributed by atoms with Gasteiger partial charge in [0.25, 0.3) is 0 Å². The molecule has 0 fully saturated rings. The summed E-state index contributed by atoms with van der Waals surface area (Å²) >= 11 is 0. The van der Waals surface area contributed by atoms with Crippen molar-refractivity contribution in [3.63, 3.8) is 0 Å². The second-order valence-corrected chi connectivity index (χ2v) is 8.07. The molecule has 0 aromatic heterocycles. The molecule has 0 bridgehead atoms. The zero-order valence-electron chi connectivity index (χ0n) is 18.0. The van der Waals surface area contributed by atoms with Crippen LogP contribution in [0.25, 0.3) is 11.1 Å². The number of allylic oxidation sites excluding steroid dienone is 2. The van der Waals surface area contributed by atoms with Crippen LogP contribution in [0.3, 0.4) is 0 Å². The van der Waals surface area contributed by atoms with Gasteiger partial charge in [0.05, 0.1) is 6.61 Å². The van der Waals surface area contributed by atoms with E-state index in [-0.39, 0.29) is 0 Å². The number of hydrogen-bond acceptors (Lipinski definition) is 1. The van der Waals surface area contributed by atoms with E-state index in [1.165, 1.54) is 55.2 Å². The van der Waals surface area contributed by atoms with Crippen molar-refractivity contribution in [3.05, 3.63) is 65.7 Å². The first kappa shape index (κ1) is 21.3. The summed E-state index contributed by atoms with van der Waals surface area (Å²) in [5.41, 5.74) is 4.83. The summed E-state index contributed by atoms with van der Waals surface area (Å²) in [6, 6.07) is 16.9. The van der Waals surface area contributed by atoms with E-state index in [2.05, 4.69) is 68.2 Å². The van der Waals surface area contributed by atoms with Gasteiger partial charge >= 0.3 is 0 Å². The van der Waals surface area contributed by atoms with Crippen molar-refractivity contribution in [2.24, 2.45) is 5.92 Å². The lowest BCUT2D eigenvalue weighted by Gasteiger charge is -2.19. The highest BCUT2D eigenvalue weighted by atomic mass is 16.5. The highest BCUT2D eigenvalue weighted by Gasteiger charge is 2.12. The molecule has 0 spiro atoms. The lowest BCUT2D eigenvalue weighted by atomic mass is 9.86. The Morgan fingerprint density at radius 3 is 2.21 bits per heavy atom. The SMILES string of the molecule is CCCCCC1CC=C(C#Cc2ccc(-c3ccc(OCCC)cc3)cc2)CC1. The van der Waals surface area contributed by atoms with Gasteiger partial charge in [0.1, 0.15) is 5.75 Å². The Kier molecular flexibility index (Phi) is 8.44. The van der Waals surface area contributed by atoms with Gasteiger partial charge < -0.3 is 4.74 Å². The zero-order valence-corrected chi connectivity index (χ0v) is 18.0. The molecule has 2 aromatic carbocycles. The molecule has 1 aliphatic carbocycles. The molecule has 1 unspecified atom stereocenters. The molecule has 0 N–H and O–H groups in total. The van der Waals surface area contributed by atoms with Gasteiger partial charge in [-0.25, -0.2) is 0 Å². The summed E-state index contributed by atoms with van der Waals surface area (Å²) in [5, 5.41) is 0. The summed E-state index contributed by atoms with van der Waals surface area (Å²) in [6.07, 6.45) is 12.5. The lowest BCUT2D eigenvalue weighted by Crippen LogP contribution is -2.05. The topological polar surface area (TPSA) is 9.23 Å². The van der Waals surface area contributed by atoms with E-state index >= 15 is 0 Å². The molecule has 0 amide bonds. The van der Waals surface area contributed by atoms with Crippen LogP contribution in [0.5, 0.6) is 5.75 Å². The Morgan fingerprint density at radius 1 is 0.862 bits per heavy atom. The second-order valence-electron chi connectivity index (χ2n) is 8.07. The Balaban J connectivity index is 1.55. The maximum atomic E-state index is 5.66. The van der Waals surface area contributed by atoms with Gasteiger partial charge in [0, 0.05) is 5.56 Å². The molecule has 0 aliphatic heterocycles. The van der Waals surface area contributed by atoms with E-state index < -0.39 is 0 Å². The number of benzene rings is 2. The van der Waals surface area contributed by atoms with Crippen molar-refractivity contribution in [3.8, 4) is 28.7 Å². The third-order valence-electron chi connectivity index (χ3n) is 5.65. The third-order valence-corrected chi connectivity index (χ3v) is 5.65. The molecule has 1 atom stereocenters. The average Bonchev–Trinajstić information content (AvgIpc) is 2.78. The highest BCUT2D eigenvalue weighted by molar-refractivity contribution is 5.65. The summed E-state index contributed by atoms with van der Waals surface area (Å²) in [7, 11) is 0. The minimum absolute atomic E-state index is 0.767. The van der Waals surface area contributed by atoms with Crippen LogP contribution in [0.15, 0.2) is 60.2 Å². The molecule has 2 aromatic rings. The molecule has 3 rings (SSSR count). The number of rotatable bonds is 8. The van der Waals surface area contributed by atoms with Crippen molar-refractivity contribution in [1.29, 1.82) is 0 Å². The first-order valence-corrected chi connectivity index (χ1v) is 11.3. The maximum Gasteiger partial charge on any atom is 0.119 e. The van der Waals surface area contributed by atoms with E-state index in [4.69, 9.17) is 4.74 Å². The van der Waals surface area contributed by atoms with E-state index in [0.717, 1.165) is 36.7 Å². The van der Waals surface area contributed by atoms with Crippen LogP contribution in [0.1, 0.15) is 70.8 Å². The highest BCUT2D eigenvalue weighted by Crippen LogP contribution is 2.27. The molecule has 29 heavy (non-hydrogen) atoms. The molecule has 1 heteroatoms. The number of unbranched alkanes of at least 4 members (excludes halogenated alkanes) is 2. The second kappa shape index (κ2) is 11.5. The average molecular weight is 387 g/mol. The first-order chi connectivity index (χ1) is 14.3. The Bertz CT molecular complexity index is 831. The van der Waals surface area contributed by atoms with Crippen LogP contribution < -0.4 is 4.74 Å². The third kappa shape index (κ3) is 6.82. The largest absolute Gasteiger partial charge is 0.494 e. The van der Waals surface area contributed by atoms with E-state index in [0.29, 0.717) is 0 Å². The van der Waals surface area contributed by atoms with Crippen LogP contribution in [0, 0.1) is 17.8 Å². The predicted octanol–water partition coefficient (Wildman–Crippen LogP) is 7.80. The normalized spacial score (nSPS) is 15.9. The molecular weight excluding hydrogens is 352 g/mol. The fraction of sp³-hybridized carbons (Fsp3) is 0.429. The van der Waals surface area contributed by atoms with Crippen LogP contribution in [-0.4, -0.2) is 6.61 Å². The summed E-state index contributed by atoms with van der Waals surface area (Å²) in [5.74, 6) is 8.58. The van der Waals surface area contributed by atoms with Crippen molar-refractivity contribution in [2.45, 2.75) is 65.2 Å². The van der Waals surface area contributed by atoms with E-state index in [9.17, 15) is 0 Å². The van der Waals surface area contributed by atoms with Gasteiger partial charge in [-0.05, 0) is 72.6 Å². The Hall–Kier alpha value is -2.46. The molecule has 0 radical (unpaired) electrons. The number of ether oxygens (including phenoxy) is 1. The van der Waals surface area contributed by atoms with E-state index in [1.807, 2.05) is 12.1 Å². The van der Waals surface area contributed by atoms with Gasteiger partial charge in [0.2, 0.25) is 0 Å². The van der Waals surface area contributed by atoms with Gasteiger partial charge in [-0.1, -0.05) is 81.7 Å². The molecule has 1 aliphatic rings. The predicted molar refractivity (Wildman–Crippen MR) is 124 cm³/mol. The number of hydrogen-bond donors (Lipinski definition) is 0. The van der Waals surface area contributed by atoms with E-state index in [1.54, 1.807) is 0 Å². The molecule has 1 nitrogen and oxygen atoms in total. The molecule has 0 saturated heterocycles. The minimum atomic E-state index is 0.767. The van der Waals surface area contributed by atoms with Crippen LogP contribution >= 0.6 is 0 Å². The molecule has 0 saturated carbocycles. The van der Waals surface area contributed by atoms with Crippen LogP contribution in [0.2, 0.25) is 0 Å². The summed E-state index contributed by atoms with van der Waals surface area (Å²) in [4.78, 5) is 0. The van der Waals surface area contributed by atoms with Crippen molar-refractivity contribution in [1.82, 2.24) is 0 Å². The zero-order chi connectivity index (χ0) is 20.3. The fourth-order valence-corrected chi connectivity index (χ4v) is 3.81. The van der Waals surface area contributed by atoms with Crippen molar-refractivity contribution >= 4 is 0 Å².